The van der Waals surface area contributed by atoms with Crippen LogP contribution in [0.15, 0.2) is 40.8 Å². The fraction of sp³-hybridized carbons (Fsp3) is 0.250. The number of hydrogen-bond acceptors (Lipinski definition) is 4. The van der Waals surface area contributed by atoms with Crippen LogP contribution in [0, 0.1) is 0 Å². The zero-order valence-corrected chi connectivity index (χ0v) is 12.0. The first-order valence-corrected chi connectivity index (χ1v) is 6.60. The van der Waals surface area contributed by atoms with Gasteiger partial charge in [0, 0.05) is 31.0 Å². The third kappa shape index (κ3) is 3.58. The van der Waals surface area contributed by atoms with E-state index in [0.717, 1.165) is 23.4 Å². The number of nitrogens with zero attached hydrogens (tertiary/aromatic N) is 1. The molecule has 0 fully saturated rings. The van der Waals surface area contributed by atoms with Gasteiger partial charge in [0.15, 0.2) is 0 Å². The number of aldehydes is 1. The second-order valence-corrected chi connectivity index (χ2v) is 4.53. The Hall–Kier alpha value is -2.40. The van der Waals surface area contributed by atoms with E-state index in [9.17, 15) is 9.59 Å². The Morgan fingerprint density at radius 3 is 2.57 bits per heavy atom. The Labute approximate surface area is 123 Å². The Bertz CT molecular complexity index is 615. The van der Waals surface area contributed by atoms with Gasteiger partial charge in [0.05, 0.1) is 7.11 Å². The van der Waals surface area contributed by atoms with Gasteiger partial charge in [-0.05, 0) is 24.3 Å². The molecule has 5 nitrogen and oxygen atoms in total. The third-order valence-electron chi connectivity index (χ3n) is 3.15. The number of aryl methyl sites for hydroxylation is 1. The summed E-state index contributed by atoms with van der Waals surface area (Å²) in [5, 5.41) is 1.17. The predicted octanol–water partition coefficient (Wildman–Crippen LogP) is 2.71. The molecule has 0 bridgehead atoms. The van der Waals surface area contributed by atoms with Gasteiger partial charge in [-0.15, -0.1) is 0 Å². The second kappa shape index (κ2) is 6.85. The minimum Gasteiger partial charge on any atom is -0.461 e. The highest BCUT2D eigenvalue weighted by molar-refractivity contribution is 5.93. The number of benzene rings is 1. The van der Waals surface area contributed by atoms with Crippen LogP contribution in [-0.2, 0) is 16.1 Å². The van der Waals surface area contributed by atoms with Crippen LogP contribution in [0.2, 0.25) is 0 Å². The van der Waals surface area contributed by atoms with Crippen LogP contribution in [0.25, 0.3) is 11.3 Å². The SMILES string of the molecule is CON(C)C(=O)c1ccc(-c2ccc(CCC=O)o2)cc1. The van der Waals surface area contributed by atoms with Crippen molar-refractivity contribution in [2.24, 2.45) is 0 Å². The van der Waals surface area contributed by atoms with E-state index in [1.54, 1.807) is 19.2 Å². The molecule has 0 spiro atoms. The number of hydrogen-bond donors (Lipinski definition) is 0. The first kappa shape index (κ1) is 15.0. The Morgan fingerprint density at radius 1 is 1.24 bits per heavy atom. The molecular weight excluding hydrogens is 270 g/mol. The lowest BCUT2D eigenvalue weighted by Crippen LogP contribution is -2.25. The van der Waals surface area contributed by atoms with E-state index in [-0.39, 0.29) is 5.91 Å². The molecule has 0 unspecified atom stereocenters. The average molecular weight is 287 g/mol. The van der Waals surface area contributed by atoms with Gasteiger partial charge < -0.3 is 9.21 Å². The fourth-order valence-electron chi connectivity index (χ4n) is 1.91. The molecule has 0 N–H and O–H groups in total. The summed E-state index contributed by atoms with van der Waals surface area (Å²) in [4.78, 5) is 27.1. The average Bonchev–Trinajstić information content (AvgIpc) is 3.00. The number of carbonyl (C=O) groups excluding carboxylic acids is 2. The van der Waals surface area contributed by atoms with Crippen molar-refractivity contribution < 1.29 is 18.8 Å². The summed E-state index contributed by atoms with van der Waals surface area (Å²) in [6.07, 6.45) is 1.91. The van der Waals surface area contributed by atoms with E-state index in [1.165, 1.54) is 12.2 Å². The molecule has 110 valence electrons. The number of hydroxylamine groups is 2. The summed E-state index contributed by atoms with van der Waals surface area (Å²) >= 11 is 0. The van der Waals surface area contributed by atoms with E-state index in [2.05, 4.69) is 0 Å². The first-order chi connectivity index (χ1) is 10.2. The van der Waals surface area contributed by atoms with Crippen molar-refractivity contribution >= 4 is 12.2 Å². The lowest BCUT2D eigenvalue weighted by molar-refractivity contribution is -0.107. The van der Waals surface area contributed by atoms with Gasteiger partial charge in [0.1, 0.15) is 17.8 Å². The van der Waals surface area contributed by atoms with Crippen molar-refractivity contribution in [2.45, 2.75) is 12.8 Å². The molecule has 0 aliphatic heterocycles. The Kier molecular flexibility index (Phi) is 4.90. The molecule has 2 rings (SSSR count). The highest BCUT2D eigenvalue weighted by Gasteiger charge is 2.12. The normalized spacial score (nSPS) is 10.4. The first-order valence-electron chi connectivity index (χ1n) is 6.60. The molecule has 0 saturated heterocycles. The second-order valence-electron chi connectivity index (χ2n) is 4.53. The number of carbonyl (C=O) groups is 2. The molecule has 0 atom stereocenters. The molecular formula is C16H17NO4. The van der Waals surface area contributed by atoms with Crippen molar-refractivity contribution in [3.63, 3.8) is 0 Å². The summed E-state index contributed by atoms with van der Waals surface area (Å²) in [7, 11) is 3.00. The van der Waals surface area contributed by atoms with Crippen LogP contribution in [0.4, 0.5) is 0 Å². The maximum atomic E-state index is 11.9. The zero-order valence-electron chi connectivity index (χ0n) is 12.0. The summed E-state index contributed by atoms with van der Waals surface area (Å²) < 4.78 is 5.66. The summed E-state index contributed by atoms with van der Waals surface area (Å²) in [5.41, 5.74) is 1.42. The number of furan rings is 1. The van der Waals surface area contributed by atoms with Crippen molar-refractivity contribution in [3.8, 4) is 11.3 Å². The standard InChI is InChI=1S/C16H17NO4/c1-17(20-2)16(19)13-7-5-12(6-8-13)15-10-9-14(21-15)4-3-11-18/h5-11H,3-4H2,1-2H3. The van der Waals surface area contributed by atoms with E-state index in [1.807, 2.05) is 24.3 Å². The van der Waals surface area contributed by atoms with Gasteiger partial charge in [0.2, 0.25) is 0 Å². The van der Waals surface area contributed by atoms with Crippen molar-refractivity contribution in [3.05, 3.63) is 47.7 Å². The highest BCUT2D eigenvalue weighted by atomic mass is 16.7. The van der Waals surface area contributed by atoms with E-state index in [4.69, 9.17) is 9.25 Å². The van der Waals surface area contributed by atoms with Gasteiger partial charge in [-0.3, -0.25) is 9.63 Å². The maximum absolute atomic E-state index is 11.9. The molecule has 0 aliphatic carbocycles. The maximum Gasteiger partial charge on any atom is 0.277 e. The van der Waals surface area contributed by atoms with Crippen molar-refractivity contribution in [1.29, 1.82) is 0 Å². The molecule has 21 heavy (non-hydrogen) atoms. The van der Waals surface area contributed by atoms with E-state index >= 15 is 0 Å². The van der Waals surface area contributed by atoms with Gasteiger partial charge in [-0.1, -0.05) is 12.1 Å². The van der Waals surface area contributed by atoms with Crippen LogP contribution < -0.4 is 0 Å². The van der Waals surface area contributed by atoms with E-state index in [0.29, 0.717) is 18.4 Å². The predicted molar refractivity (Wildman–Crippen MR) is 77.6 cm³/mol. The summed E-state index contributed by atoms with van der Waals surface area (Å²) in [6, 6.07) is 10.8. The molecule has 2 aromatic rings. The minimum atomic E-state index is -0.213. The molecule has 1 heterocycles. The summed E-state index contributed by atoms with van der Waals surface area (Å²) in [5.74, 6) is 1.28. The van der Waals surface area contributed by atoms with Gasteiger partial charge >= 0.3 is 0 Å². The Morgan fingerprint density at radius 2 is 1.95 bits per heavy atom. The lowest BCUT2D eigenvalue weighted by Gasteiger charge is -2.13. The molecule has 1 aromatic carbocycles. The third-order valence-corrected chi connectivity index (χ3v) is 3.15. The van der Waals surface area contributed by atoms with Gasteiger partial charge in [-0.2, -0.15) is 0 Å². The summed E-state index contributed by atoms with van der Waals surface area (Å²) in [6.45, 7) is 0. The monoisotopic (exact) mass is 287 g/mol. The van der Waals surface area contributed by atoms with Crippen LogP contribution in [0.1, 0.15) is 22.5 Å². The fourth-order valence-corrected chi connectivity index (χ4v) is 1.91. The van der Waals surface area contributed by atoms with Crippen molar-refractivity contribution in [2.75, 3.05) is 14.2 Å². The Balaban J connectivity index is 2.13. The molecule has 0 radical (unpaired) electrons. The molecule has 1 amide bonds. The van der Waals surface area contributed by atoms with Crippen LogP contribution in [-0.4, -0.2) is 31.4 Å². The molecule has 1 aromatic heterocycles. The van der Waals surface area contributed by atoms with Crippen LogP contribution in [0.3, 0.4) is 0 Å². The topological polar surface area (TPSA) is 59.8 Å². The molecule has 0 aliphatic rings. The number of rotatable bonds is 6. The minimum absolute atomic E-state index is 0.213. The van der Waals surface area contributed by atoms with Gasteiger partial charge in [0.25, 0.3) is 5.91 Å². The number of amides is 1. The van der Waals surface area contributed by atoms with Gasteiger partial charge in [-0.25, -0.2) is 5.06 Å². The quantitative estimate of drug-likeness (QED) is 0.605. The van der Waals surface area contributed by atoms with Crippen molar-refractivity contribution in [1.82, 2.24) is 5.06 Å². The molecule has 0 saturated carbocycles. The van der Waals surface area contributed by atoms with Crippen LogP contribution >= 0.6 is 0 Å². The largest absolute Gasteiger partial charge is 0.461 e. The zero-order chi connectivity index (χ0) is 15.2. The smallest absolute Gasteiger partial charge is 0.277 e. The lowest BCUT2D eigenvalue weighted by atomic mass is 10.1. The van der Waals surface area contributed by atoms with Crippen LogP contribution in [0.5, 0.6) is 0 Å². The van der Waals surface area contributed by atoms with E-state index < -0.39 is 0 Å². The molecule has 5 heteroatoms. The highest BCUT2D eigenvalue weighted by Crippen LogP contribution is 2.23.